The summed E-state index contributed by atoms with van der Waals surface area (Å²) in [7, 11) is 0. The van der Waals surface area contributed by atoms with E-state index in [1.54, 1.807) is 18.2 Å². The van der Waals surface area contributed by atoms with E-state index in [4.69, 9.17) is 4.42 Å². The zero-order valence-electron chi connectivity index (χ0n) is 15.7. The molecule has 1 N–H and O–H groups in total. The van der Waals surface area contributed by atoms with Crippen LogP contribution in [0.2, 0.25) is 0 Å². The second-order valence-corrected chi connectivity index (χ2v) is 7.08. The zero-order chi connectivity index (χ0) is 19.7. The number of piperazine rings is 1. The van der Waals surface area contributed by atoms with Crippen molar-refractivity contribution in [3.63, 3.8) is 0 Å². The van der Waals surface area contributed by atoms with Crippen molar-refractivity contribution in [3.05, 3.63) is 70.1 Å². The third kappa shape index (κ3) is 3.51. The number of anilines is 1. The number of rotatable bonds is 4. The van der Waals surface area contributed by atoms with E-state index in [1.165, 1.54) is 12.6 Å². The van der Waals surface area contributed by atoms with Gasteiger partial charge in [0, 0.05) is 43.8 Å². The summed E-state index contributed by atoms with van der Waals surface area (Å²) in [6, 6.07) is 15.1. The summed E-state index contributed by atoms with van der Waals surface area (Å²) in [5.74, 6) is -0.237. The first-order valence-electron chi connectivity index (χ1n) is 9.35. The van der Waals surface area contributed by atoms with Crippen molar-refractivity contribution >= 4 is 22.4 Å². The molecule has 28 heavy (non-hydrogen) atoms. The predicted molar refractivity (Wildman–Crippen MR) is 108 cm³/mol. The number of ketones is 1. The van der Waals surface area contributed by atoms with Crippen LogP contribution in [-0.2, 0) is 6.54 Å². The molecule has 0 aliphatic carbocycles. The van der Waals surface area contributed by atoms with Gasteiger partial charge in [0.1, 0.15) is 16.9 Å². The molecule has 2 aromatic carbocycles. The van der Waals surface area contributed by atoms with Crippen LogP contribution in [0.25, 0.3) is 11.0 Å². The molecule has 6 nitrogen and oxygen atoms in total. The molecule has 3 aromatic rings. The average molecular weight is 378 g/mol. The molecule has 0 spiro atoms. The Morgan fingerprint density at radius 3 is 2.46 bits per heavy atom. The Labute approximate surface area is 162 Å². The molecule has 0 unspecified atom stereocenters. The molecule has 0 radical (unpaired) electrons. The number of hydrogen-bond donors (Lipinski definition) is 1. The Balaban J connectivity index is 1.57. The molecule has 1 saturated heterocycles. The number of carbonyl (C=O) groups excluding carboxylic acids is 1. The molecule has 6 heteroatoms. The summed E-state index contributed by atoms with van der Waals surface area (Å²) in [6.07, 6.45) is 0. The number of benzene rings is 2. The van der Waals surface area contributed by atoms with Crippen LogP contribution in [-0.4, -0.2) is 42.0 Å². The normalized spacial score (nSPS) is 15.1. The van der Waals surface area contributed by atoms with Gasteiger partial charge in [0.2, 0.25) is 0 Å². The highest BCUT2D eigenvalue weighted by Gasteiger charge is 2.21. The lowest BCUT2D eigenvalue weighted by Crippen LogP contribution is -2.46. The highest BCUT2D eigenvalue weighted by atomic mass is 16.4. The standard InChI is InChI=1S/C22H22N2O4/c1-15(25)18-13-16-7-8-20(26)19(21(16)28-22(18)27)14-23-9-11-24(12-10-23)17-5-3-2-4-6-17/h2-8,13,26H,9-12,14H2,1H3. The fourth-order valence-corrected chi connectivity index (χ4v) is 3.66. The minimum atomic E-state index is -0.666. The van der Waals surface area contributed by atoms with Gasteiger partial charge in [0.25, 0.3) is 0 Å². The topological polar surface area (TPSA) is 74.0 Å². The molecule has 0 amide bonds. The lowest BCUT2D eigenvalue weighted by atomic mass is 10.1. The van der Waals surface area contributed by atoms with Gasteiger partial charge in [-0.2, -0.15) is 0 Å². The van der Waals surface area contributed by atoms with E-state index in [1.807, 2.05) is 18.2 Å². The average Bonchev–Trinajstić information content (AvgIpc) is 2.71. The van der Waals surface area contributed by atoms with Crippen LogP contribution in [0.5, 0.6) is 5.75 Å². The quantitative estimate of drug-likeness (QED) is 0.556. The van der Waals surface area contributed by atoms with Gasteiger partial charge in [-0.3, -0.25) is 9.69 Å². The fourth-order valence-electron chi connectivity index (χ4n) is 3.66. The van der Waals surface area contributed by atoms with E-state index in [0.29, 0.717) is 23.1 Å². The monoisotopic (exact) mass is 378 g/mol. The Bertz CT molecular complexity index is 1070. The van der Waals surface area contributed by atoms with Crippen LogP contribution in [0.4, 0.5) is 5.69 Å². The summed E-state index contributed by atoms with van der Waals surface area (Å²) in [6.45, 7) is 5.25. The number of phenols is 1. The maximum Gasteiger partial charge on any atom is 0.347 e. The molecule has 1 aliphatic heterocycles. The van der Waals surface area contributed by atoms with Crippen LogP contribution < -0.4 is 10.5 Å². The molecule has 0 bridgehead atoms. The molecule has 4 rings (SSSR count). The summed E-state index contributed by atoms with van der Waals surface area (Å²) in [5.41, 5.74) is 1.50. The number of fused-ring (bicyclic) bond motifs is 1. The fraction of sp³-hybridized carbons (Fsp3) is 0.273. The maximum absolute atomic E-state index is 12.1. The van der Waals surface area contributed by atoms with Crippen LogP contribution >= 0.6 is 0 Å². The second kappa shape index (κ2) is 7.48. The lowest BCUT2D eigenvalue weighted by molar-refractivity contribution is 0.101. The summed E-state index contributed by atoms with van der Waals surface area (Å²) >= 11 is 0. The number of nitrogens with zero attached hydrogens (tertiary/aromatic N) is 2. The minimum Gasteiger partial charge on any atom is -0.507 e. The third-order valence-corrected chi connectivity index (χ3v) is 5.24. The van der Waals surface area contributed by atoms with Gasteiger partial charge in [-0.15, -0.1) is 0 Å². The van der Waals surface area contributed by atoms with Gasteiger partial charge in [-0.05, 0) is 37.3 Å². The lowest BCUT2D eigenvalue weighted by Gasteiger charge is -2.36. The Kier molecular flexibility index (Phi) is 4.88. The highest BCUT2D eigenvalue weighted by molar-refractivity contribution is 5.97. The van der Waals surface area contributed by atoms with Crippen molar-refractivity contribution in [1.29, 1.82) is 0 Å². The van der Waals surface area contributed by atoms with Crippen molar-refractivity contribution in [2.45, 2.75) is 13.5 Å². The van der Waals surface area contributed by atoms with E-state index in [-0.39, 0.29) is 17.1 Å². The van der Waals surface area contributed by atoms with Crippen LogP contribution in [0.3, 0.4) is 0 Å². The summed E-state index contributed by atoms with van der Waals surface area (Å²) in [4.78, 5) is 28.3. The van der Waals surface area contributed by atoms with Crippen molar-refractivity contribution in [3.8, 4) is 5.75 Å². The maximum atomic E-state index is 12.1. The number of phenolic OH excluding ortho intramolecular Hbond substituents is 1. The first-order chi connectivity index (χ1) is 13.5. The number of para-hydroxylation sites is 1. The number of aromatic hydroxyl groups is 1. The molecule has 0 atom stereocenters. The van der Waals surface area contributed by atoms with Crippen LogP contribution in [0.1, 0.15) is 22.8 Å². The summed E-state index contributed by atoms with van der Waals surface area (Å²) in [5, 5.41) is 11.0. The molecule has 1 aromatic heterocycles. The molecule has 0 saturated carbocycles. The van der Waals surface area contributed by atoms with Crippen molar-refractivity contribution in [2.75, 3.05) is 31.1 Å². The highest BCUT2D eigenvalue weighted by Crippen LogP contribution is 2.29. The SMILES string of the molecule is CC(=O)c1cc2ccc(O)c(CN3CCN(c4ccccc4)CC3)c2oc1=O. The molecule has 2 heterocycles. The van der Waals surface area contributed by atoms with Crippen molar-refractivity contribution < 1.29 is 14.3 Å². The third-order valence-electron chi connectivity index (χ3n) is 5.24. The summed E-state index contributed by atoms with van der Waals surface area (Å²) < 4.78 is 5.42. The Morgan fingerprint density at radius 2 is 1.79 bits per heavy atom. The van der Waals surface area contributed by atoms with Gasteiger partial charge in [-0.1, -0.05) is 18.2 Å². The van der Waals surface area contributed by atoms with Gasteiger partial charge in [0.15, 0.2) is 5.78 Å². The molecule has 144 valence electrons. The van der Waals surface area contributed by atoms with Gasteiger partial charge in [0.05, 0.1) is 5.56 Å². The van der Waals surface area contributed by atoms with Gasteiger partial charge in [-0.25, -0.2) is 4.79 Å². The minimum absolute atomic E-state index is 0.0283. The van der Waals surface area contributed by atoms with E-state index in [9.17, 15) is 14.7 Å². The molecule has 1 aliphatic rings. The van der Waals surface area contributed by atoms with Crippen molar-refractivity contribution in [1.82, 2.24) is 4.90 Å². The smallest absolute Gasteiger partial charge is 0.347 e. The number of carbonyl (C=O) groups is 1. The van der Waals surface area contributed by atoms with Crippen LogP contribution in [0.15, 0.2) is 57.7 Å². The number of Topliss-reactive ketones (excluding diaryl/α,β-unsaturated/α-hetero) is 1. The molecular weight excluding hydrogens is 356 g/mol. The van der Waals surface area contributed by atoms with Crippen LogP contribution in [0, 0.1) is 0 Å². The second-order valence-electron chi connectivity index (χ2n) is 7.08. The predicted octanol–water partition coefficient (Wildman–Crippen LogP) is 3.02. The van der Waals surface area contributed by atoms with Gasteiger partial charge < -0.3 is 14.4 Å². The van der Waals surface area contributed by atoms with E-state index in [2.05, 4.69) is 21.9 Å². The molecule has 1 fully saturated rings. The first-order valence-corrected chi connectivity index (χ1v) is 9.35. The largest absolute Gasteiger partial charge is 0.507 e. The van der Waals surface area contributed by atoms with Gasteiger partial charge >= 0.3 is 5.63 Å². The Hall–Kier alpha value is -3.12. The zero-order valence-corrected chi connectivity index (χ0v) is 15.7. The van der Waals surface area contributed by atoms with E-state index in [0.717, 1.165) is 26.2 Å². The number of hydrogen-bond acceptors (Lipinski definition) is 6. The van der Waals surface area contributed by atoms with E-state index < -0.39 is 5.63 Å². The molecular formula is C22H22N2O4. The van der Waals surface area contributed by atoms with Crippen molar-refractivity contribution in [2.24, 2.45) is 0 Å². The van der Waals surface area contributed by atoms with E-state index >= 15 is 0 Å². The first kappa shape index (κ1) is 18.3. The Morgan fingerprint density at radius 1 is 1.07 bits per heavy atom.